The van der Waals surface area contributed by atoms with Crippen LogP contribution in [0.1, 0.15) is 22.6 Å². The van der Waals surface area contributed by atoms with Gasteiger partial charge in [0.1, 0.15) is 0 Å². The summed E-state index contributed by atoms with van der Waals surface area (Å²) in [6, 6.07) is 18.1. The molecular formula is C26H25N3O5S. The van der Waals surface area contributed by atoms with Crippen molar-refractivity contribution < 1.29 is 22.7 Å². The molecule has 0 saturated carbocycles. The van der Waals surface area contributed by atoms with E-state index in [9.17, 15) is 13.2 Å². The minimum Gasteiger partial charge on any atom is -0.493 e. The number of ether oxygens (including phenoxy) is 2. The third-order valence-corrected chi connectivity index (χ3v) is 7.72. The number of nitrogens with one attached hydrogen (secondary N) is 3. The van der Waals surface area contributed by atoms with E-state index in [1.807, 2.05) is 42.6 Å². The number of aromatic amines is 1. The summed E-state index contributed by atoms with van der Waals surface area (Å²) in [5.74, 6) is 0.593. The van der Waals surface area contributed by atoms with Gasteiger partial charge in [-0.1, -0.05) is 30.3 Å². The van der Waals surface area contributed by atoms with Crippen LogP contribution < -0.4 is 19.5 Å². The molecule has 1 aliphatic heterocycles. The standard InChI is InChI=1S/C26H25N3O5S/c1-33-24-9-5-7-19(26(24)34-2)21(20-14-27-23-8-4-3-6-18(20)23)15-28-35(31,32)17-10-11-22-16(12-17)13-25(30)29-22/h3-12,14,21,27-28H,13,15H2,1-2H3,(H,29,30)/t21-/m0/s1. The van der Waals surface area contributed by atoms with Gasteiger partial charge in [-0.25, -0.2) is 13.1 Å². The average Bonchev–Trinajstić information content (AvgIpc) is 3.46. The number of methoxy groups -OCH3 is 2. The topological polar surface area (TPSA) is 110 Å². The van der Waals surface area contributed by atoms with Crippen molar-refractivity contribution in [3.8, 4) is 11.5 Å². The number of H-pyrrole nitrogens is 1. The molecule has 0 spiro atoms. The number of hydrogen-bond donors (Lipinski definition) is 3. The van der Waals surface area contributed by atoms with Crippen LogP contribution >= 0.6 is 0 Å². The van der Waals surface area contributed by atoms with E-state index < -0.39 is 10.0 Å². The number of aromatic nitrogens is 1. The summed E-state index contributed by atoms with van der Waals surface area (Å²) < 4.78 is 40.5. The Morgan fingerprint density at radius 2 is 1.83 bits per heavy atom. The Morgan fingerprint density at radius 1 is 1.00 bits per heavy atom. The lowest BCUT2D eigenvalue weighted by molar-refractivity contribution is -0.115. The van der Waals surface area contributed by atoms with E-state index in [1.165, 1.54) is 6.07 Å². The maximum Gasteiger partial charge on any atom is 0.240 e. The largest absolute Gasteiger partial charge is 0.493 e. The summed E-state index contributed by atoms with van der Waals surface area (Å²) in [6.45, 7) is 0.0853. The quantitative estimate of drug-likeness (QED) is 0.347. The van der Waals surface area contributed by atoms with Crippen molar-refractivity contribution in [3.63, 3.8) is 0 Å². The molecule has 0 fully saturated rings. The van der Waals surface area contributed by atoms with Gasteiger partial charge in [-0.2, -0.15) is 0 Å². The lowest BCUT2D eigenvalue weighted by atomic mass is 9.90. The number of benzene rings is 3. The normalized spacial score (nSPS) is 13.9. The summed E-state index contributed by atoms with van der Waals surface area (Å²) in [5, 5.41) is 3.71. The highest BCUT2D eigenvalue weighted by atomic mass is 32.2. The minimum atomic E-state index is -3.85. The molecule has 180 valence electrons. The molecular weight excluding hydrogens is 466 g/mol. The molecule has 0 saturated heterocycles. The van der Waals surface area contributed by atoms with Gasteiger partial charge in [0.05, 0.1) is 25.5 Å². The zero-order valence-corrected chi connectivity index (χ0v) is 20.1. The Bertz CT molecular complexity index is 1530. The number of amides is 1. The highest BCUT2D eigenvalue weighted by Gasteiger charge is 2.27. The predicted octanol–water partition coefficient (Wildman–Crippen LogP) is 3.79. The fraction of sp³-hybridized carbons (Fsp3) is 0.192. The van der Waals surface area contributed by atoms with Gasteiger partial charge in [0.25, 0.3) is 0 Å². The van der Waals surface area contributed by atoms with Crippen LogP contribution in [0.4, 0.5) is 5.69 Å². The first-order valence-electron chi connectivity index (χ1n) is 11.1. The predicted molar refractivity (Wildman–Crippen MR) is 134 cm³/mol. The van der Waals surface area contributed by atoms with Gasteiger partial charge in [-0.05, 0) is 41.5 Å². The van der Waals surface area contributed by atoms with Crippen LogP contribution in [0.2, 0.25) is 0 Å². The van der Waals surface area contributed by atoms with Gasteiger partial charge < -0.3 is 19.8 Å². The number of carbonyl (C=O) groups excluding carboxylic acids is 1. The molecule has 4 aromatic rings. The van der Waals surface area contributed by atoms with Gasteiger partial charge in [0, 0.05) is 40.8 Å². The fourth-order valence-electron chi connectivity index (χ4n) is 4.61. The summed E-state index contributed by atoms with van der Waals surface area (Å²) >= 11 is 0. The third-order valence-electron chi connectivity index (χ3n) is 6.30. The van der Waals surface area contributed by atoms with Crippen LogP contribution in [0.15, 0.2) is 71.8 Å². The monoisotopic (exact) mass is 491 g/mol. The first-order chi connectivity index (χ1) is 16.9. The first-order valence-corrected chi connectivity index (χ1v) is 12.6. The lowest BCUT2D eigenvalue weighted by Crippen LogP contribution is -2.29. The SMILES string of the molecule is COc1cccc([C@H](CNS(=O)(=O)c2ccc3c(c2)CC(=O)N3)c2c[nH]c3ccccc23)c1OC. The van der Waals surface area contributed by atoms with Crippen molar-refractivity contribution >= 4 is 32.5 Å². The number of para-hydroxylation sites is 2. The second kappa shape index (κ2) is 9.09. The van der Waals surface area contributed by atoms with Gasteiger partial charge in [-0.15, -0.1) is 0 Å². The molecule has 1 atom stereocenters. The molecule has 2 heterocycles. The van der Waals surface area contributed by atoms with Gasteiger partial charge >= 0.3 is 0 Å². The molecule has 35 heavy (non-hydrogen) atoms. The Balaban J connectivity index is 1.54. The van der Waals surface area contributed by atoms with Crippen molar-refractivity contribution in [2.45, 2.75) is 17.2 Å². The molecule has 0 bridgehead atoms. The highest BCUT2D eigenvalue weighted by Crippen LogP contribution is 2.40. The van der Waals surface area contributed by atoms with E-state index >= 15 is 0 Å². The third kappa shape index (κ3) is 4.24. The Morgan fingerprint density at radius 3 is 2.63 bits per heavy atom. The summed E-state index contributed by atoms with van der Waals surface area (Å²) in [6.07, 6.45) is 2.06. The smallest absolute Gasteiger partial charge is 0.240 e. The second-order valence-electron chi connectivity index (χ2n) is 8.32. The molecule has 1 aromatic heterocycles. The van der Waals surface area contributed by atoms with Crippen LogP contribution in [0.3, 0.4) is 0 Å². The molecule has 0 radical (unpaired) electrons. The zero-order chi connectivity index (χ0) is 24.6. The van der Waals surface area contributed by atoms with Crippen LogP contribution in [0.25, 0.3) is 10.9 Å². The van der Waals surface area contributed by atoms with Gasteiger partial charge in [0.15, 0.2) is 11.5 Å². The minimum absolute atomic E-state index is 0.0853. The van der Waals surface area contributed by atoms with Gasteiger partial charge in [-0.3, -0.25) is 4.79 Å². The first kappa shape index (κ1) is 22.9. The van der Waals surface area contributed by atoms with Crippen LogP contribution in [-0.4, -0.2) is 40.1 Å². The van der Waals surface area contributed by atoms with E-state index in [-0.39, 0.29) is 29.7 Å². The van der Waals surface area contributed by atoms with E-state index in [0.717, 1.165) is 22.0 Å². The number of sulfonamides is 1. The average molecular weight is 492 g/mol. The molecule has 1 aliphatic rings. The Hall–Kier alpha value is -3.82. The maximum atomic E-state index is 13.3. The summed E-state index contributed by atoms with van der Waals surface area (Å²) in [7, 11) is -0.718. The zero-order valence-electron chi connectivity index (χ0n) is 19.3. The number of fused-ring (bicyclic) bond motifs is 2. The molecule has 0 unspecified atom stereocenters. The second-order valence-corrected chi connectivity index (χ2v) is 10.1. The van der Waals surface area contributed by atoms with Crippen molar-refractivity contribution in [1.29, 1.82) is 0 Å². The Labute approximate surface area is 203 Å². The van der Waals surface area contributed by atoms with Gasteiger partial charge in [0.2, 0.25) is 15.9 Å². The summed E-state index contributed by atoms with van der Waals surface area (Å²) in [5.41, 5.74) is 3.99. The lowest BCUT2D eigenvalue weighted by Gasteiger charge is -2.22. The molecule has 1 amide bonds. The maximum absolute atomic E-state index is 13.3. The number of hydrogen-bond acceptors (Lipinski definition) is 5. The molecule has 5 rings (SSSR count). The molecule has 3 aromatic carbocycles. The van der Waals surface area contributed by atoms with E-state index in [2.05, 4.69) is 15.0 Å². The summed E-state index contributed by atoms with van der Waals surface area (Å²) in [4.78, 5) is 15.1. The van der Waals surface area contributed by atoms with Crippen LogP contribution in [-0.2, 0) is 21.2 Å². The van der Waals surface area contributed by atoms with Crippen molar-refractivity contribution in [2.75, 3.05) is 26.1 Å². The van der Waals surface area contributed by atoms with Crippen LogP contribution in [0, 0.1) is 0 Å². The van der Waals surface area contributed by atoms with E-state index in [0.29, 0.717) is 22.7 Å². The highest BCUT2D eigenvalue weighted by molar-refractivity contribution is 7.89. The number of carbonyl (C=O) groups is 1. The molecule has 0 aliphatic carbocycles. The van der Waals surface area contributed by atoms with Crippen LogP contribution in [0.5, 0.6) is 11.5 Å². The Kier molecular flexibility index (Phi) is 5.96. The van der Waals surface area contributed by atoms with Crippen molar-refractivity contribution in [2.24, 2.45) is 0 Å². The van der Waals surface area contributed by atoms with Crippen molar-refractivity contribution in [3.05, 3.63) is 83.6 Å². The molecule has 9 heteroatoms. The number of anilines is 1. The fourth-order valence-corrected chi connectivity index (χ4v) is 5.70. The molecule has 8 nitrogen and oxygen atoms in total. The van der Waals surface area contributed by atoms with E-state index in [4.69, 9.17) is 9.47 Å². The van der Waals surface area contributed by atoms with E-state index in [1.54, 1.807) is 32.4 Å². The number of rotatable bonds is 8. The van der Waals surface area contributed by atoms with Crippen molar-refractivity contribution in [1.82, 2.24) is 9.71 Å². The molecule has 3 N–H and O–H groups in total.